The quantitative estimate of drug-likeness (QED) is 0.654. The number of nitrogens with zero attached hydrogens (tertiary/aromatic N) is 2. The topological polar surface area (TPSA) is 79.9 Å². The number of hydrogen-bond donors (Lipinski definition) is 2. The molecule has 0 aliphatic carbocycles. The molecule has 0 spiro atoms. The third-order valence-electron chi connectivity index (χ3n) is 3.85. The normalized spacial score (nSPS) is 10.5. The van der Waals surface area contributed by atoms with E-state index in [4.69, 9.17) is 4.74 Å². The minimum atomic E-state index is 0.0449. The summed E-state index contributed by atoms with van der Waals surface area (Å²) in [5.41, 5.74) is 3.68. The number of carbonyl (C=O) groups is 1. The van der Waals surface area contributed by atoms with Crippen LogP contribution in [0.2, 0.25) is 0 Å². The van der Waals surface area contributed by atoms with Crippen LogP contribution in [0.1, 0.15) is 24.5 Å². The van der Waals surface area contributed by atoms with E-state index in [1.807, 2.05) is 49.4 Å². The lowest BCUT2D eigenvalue weighted by Crippen LogP contribution is -2.25. The highest BCUT2D eigenvalue weighted by Gasteiger charge is 2.05. The largest absolute Gasteiger partial charge is 0.487 e. The molecule has 0 saturated carbocycles. The van der Waals surface area contributed by atoms with Crippen LogP contribution in [0.3, 0.4) is 0 Å². The molecule has 6 heteroatoms. The van der Waals surface area contributed by atoms with Gasteiger partial charge in [-0.1, -0.05) is 31.2 Å². The fourth-order valence-corrected chi connectivity index (χ4v) is 2.53. The molecule has 2 aromatic heterocycles. The minimum Gasteiger partial charge on any atom is -0.487 e. The van der Waals surface area contributed by atoms with E-state index >= 15 is 0 Å². The van der Waals surface area contributed by atoms with Gasteiger partial charge in [-0.3, -0.25) is 14.9 Å². The molecule has 0 radical (unpaired) electrons. The van der Waals surface area contributed by atoms with Gasteiger partial charge in [0.15, 0.2) is 0 Å². The second-order valence-electron chi connectivity index (χ2n) is 5.98. The zero-order chi connectivity index (χ0) is 18.2. The Labute approximate surface area is 152 Å². The van der Waals surface area contributed by atoms with E-state index in [9.17, 15) is 4.79 Å². The Kier molecular flexibility index (Phi) is 5.98. The number of rotatable bonds is 8. The summed E-state index contributed by atoms with van der Waals surface area (Å²) in [6.45, 7) is 3.17. The molecule has 0 fully saturated rings. The summed E-state index contributed by atoms with van der Waals surface area (Å²) in [6.07, 6.45) is 4.70. The van der Waals surface area contributed by atoms with Crippen LogP contribution in [-0.4, -0.2) is 27.6 Å². The lowest BCUT2D eigenvalue weighted by Gasteiger charge is -2.08. The number of H-pyrrole nitrogens is 1. The van der Waals surface area contributed by atoms with Crippen molar-refractivity contribution in [1.82, 2.24) is 20.5 Å². The third-order valence-corrected chi connectivity index (χ3v) is 3.85. The first-order valence-electron chi connectivity index (χ1n) is 8.67. The zero-order valence-electron chi connectivity index (χ0n) is 14.7. The number of amides is 1. The van der Waals surface area contributed by atoms with E-state index in [2.05, 4.69) is 20.5 Å². The number of aromatic amines is 1. The number of benzene rings is 1. The molecule has 1 amide bonds. The summed E-state index contributed by atoms with van der Waals surface area (Å²) >= 11 is 0. The lowest BCUT2D eigenvalue weighted by atomic mass is 10.1. The predicted molar refractivity (Wildman–Crippen MR) is 99.6 cm³/mol. The molecule has 134 valence electrons. The van der Waals surface area contributed by atoms with Gasteiger partial charge in [-0.05, 0) is 35.7 Å². The Morgan fingerprint density at radius 2 is 2.08 bits per heavy atom. The maximum absolute atomic E-state index is 11.8. The van der Waals surface area contributed by atoms with Crippen molar-refractivity contribution in [3.8, 4) is 17.1 Å². The van der Waals surface area contributed by atoms with Gasteiger partial charge in [-0.15, -0.1) is 0 Å². The van der Waals surface area contributed by atoms with Crippen molar-refractivity contribution < 1.29 is 9.53 Å². The first-order chi connectivity index (χ1) is 12.7. The summed E-state index contributed by atoms with van der Waals surface area (Å²) in [5, 5.41) is 9.69. The zero-order valence-corrected chi connectivity index (χ0v) is 14.7. The molecule has 26 heavy (non-hydrogen) atoms. The van der Waals surface area contributed by atoms with Gasteiger partial charge < -0.3 is 10.1 Å². The van der Waals surface area contributed by atoms with Gasteiger partial charge in [0.25, 0.3) is 0 Å². The summed E-state index contributed by atoms with van der Waals surface area (Å²) < 4.78 is 5.80. The molecule has 0 atom stereocenters. The molecule has 2 N–H and O–H groups in total. The number of carbonyl (C=O) groups excluding carboxylic acids is 1. The predicted octanol–water partition coefficient (Wildman–Crippen LogP) is 3.12. The van der Waals surface area contributed by atoms with Gasteiger partial charge in [0, 0.05) is 12.7 Å². The monoisotopic (exact) mass is 350 g/mol. The highest BCUT2D eigenvalue weighted by Crippen LogP contribution is 2.18. The Balaban J connectivity index is 1.56. The Morgan fingerprint density at radius 3 is 2.81 bits per heavy atom. The molecule has 0 unspecified atom stereocenters. The second-order valence-corrected chi connectivity index (χ2v) is 5.98. The molecule has 0 aliphatic rings. The third kappa shape index (κ3) is 4.92. The van der Waals surface area contributed by atoms with Gasteiger partial charge in [0.1, 0.15) is 12.4 Å². The van der Waals surface area contributed by atoms with E-state index in [0.717, 1.165) is 28.9 Å². The van der Waals surface area contributed by atoms with Crippen molar-refractivity contribution in [2.24, 2.45) is 0 Å². The summed E-state index contributed by atoms with van der Waals surface area (Å²) in [4.78, 5) is 16.2. The van der Waals surface area contributed by atoms with Crippen molar-refractivity contribution in [1.29, 1.82) is 0 Å². The Hall–Kier alpha value is -3.15. The van der Waals surface area contributed by atoms with Gasteiger partial charge in [-0.2, -0.15) is 5.10 Å². The first kappa shape index (κ1) is 17.7. The van der Waals surface area contributed by atoms with E-state index in [0.29, 0.717) is 25.3 Å². The van der Waals surface area contributed by atoms with E-state index in [-0.39, 0.29) is 5.91 Å². The number of ether oxygens (including phenoxy) is 1. The standard InChI is InChI=1S/C20H22N4O2/c1-2-9-21-20(25)12-15-4-3-5-16(11-15)14-26-17-6-7-18(22-13-17)19-8-10-23-24-19/h3-8,10-11,13H,2,9,12,14H2,1H3,(H,21,25)(H,23,24). The average Bonchev–Trinajstić information content (AvgIpc) is 3.20. The summed E-state index contributed by atoms with van der Waals surface area (Å²) in [7, 11) is 0. The van der Waals surface area contributed by atoms with E-state index in [1.54, 1.807) is 12.4 Å². The maximum atomic E-state index is 11.8. The summed E-state index contributed by atoms with van der Waals surface area (Å²) in [6, 6.07) is 13.5. The smallest absolute Gasteiger partial charge is 0.224 e. The van der Waals surface area contributed by atoms with Crippen LogP contribution in [-0.2, 0) is 17.8 Å². The number of hydrogen-bond acceptors (Lipinski definition) is 4. The van der Waals surface area contributed by atoms with Gasteiger partial charge in [0.2, 0.25) is 5.91 Å². The van der Waals surface area contributed by atoms with Crippen molar-refractivity contribution in [2.75, 3.05) is 6.54 Å². The van der Waals surface area contributed by atoms with E-state index < -0.39 is 0 Å². The minimum absolute atomic E-state index is 0.0449. The molecule has 0 saturated heterocycles. The van der Waals surface area contributed by atoms with Crippen LogP contribution in [0.15, 0.2) is 54.9 Å². The van der Waals surface area contributed by atoms with Crippen LogP contribution < -0.4 is 10.1 Å². The molecule has 2 heterocycles. The van der Waals surface area contributed by atoms with Crippen LogP contribution in [0, 0.1) is 0 Å². The average molecular weight is 350 g/mol. The molecule has 0 bridgehead atoms. The molecular weight excluding hydrogens is 328 g/mol. The van der Waals surface area contributed by atoms with Crippen LogP contribution in [0.25, 0.3) is 11.4 Å². The van der Waals surface area contributed by atoms with Crippen LogP contribution in [0.4, 0.5) is 0 Å². The van der Waals surface area contributed by atoms with Crippen molar-refractivity contribution in [2.45, 2.75) is 26.4 Å². The SMILES string of the molecule is CCCNC(=O)Cc1cccc(COc2ccc(-c3ccn[nH]3)nc2)c1. The second kappa shape index (κ2) is 8.80. The van der Waals surface area contributed by atoms with Crippen molar-refractivity contribution >= 4 is 5.91 Å². The maximum Gasteiger partial charge on any atom is 0.224 e. The highest BCUT2D eigenvalue weighted by atomic mass is 16.5. The van der Waals surface area contributed by atoms with Crippen LogP contribution in [0.5, 0.6) is 5.75 Å². The molecule has 1 aromatic carbocycles. The fraction of sp³-hybridized carbons (Fsp3) is 0.250. The van der Waals surface area contributed by atoms with Crippen LogP contribution >= 0.6 is 0 Å². The van der Waals surface area contributed by atoms with Gasteiger partial charge in [0.05, 0.1) is 24.0 Å². The summed E-state index contributed by atoms with van der Waals surface area (Å²) in [5.74, 6) is 0.739. The lowest BCUT2D eigenvalue weighted by molar-refractivity contribution is -0.120. The van der Waals surface area contributed by atoms with E-state index in [1.165, 1.54) is 0 Å². The van der Waals surface area contributed by atoms with Crippen molar-refractivity contribution in [3.05, 3.63) is 66.0 Å². The molecule has 3 rings (SSSR count). The fourth-order valence-electron chi connectivity index (χ4n) is 2.53. The Morgan fingerprint density at radius 1 is 1.19 bits per heavy atom. The number of nitrogens with one attached hydrogen (secondary N) is 2. The number of pyridine rings is 1. The van der Waals surface area contributed by atoms with Gasteiger partial charge >= 0.3 is 0 Å². The Bertz CT molecular complexity index is 829. The highest BCUT2D eigenvalue weighted by molar-refractivity contribution is 5.78. The molecule has 3 aromatic rings. The molecular formula is C20H22N4O2. The molecule has 6 nitrogen and oxygen atoms in total. The van der Waals surface area contributed by atoms with Gasteiger partial charge in [-0.25, -0.2) is 0 Å². The molecule has 0 aliphatic heterocycles. The van der Waals surface area contributed by atoms with Crippen molar-refractivity contribution in [3.63, 3.8) is 0 Å². The first-order valence-corrected chi connectivity index (χ1v) is 8.67. The number of aromatic nitrogens is 3.